The first-order valence-corrected chi connectivity index (χ1v) is 7.16. The number of nitrogens with zero attached hydrogens (tertiary/aromatic N) is 1. The molecular weight excluding hydrogens is 234 g/mol. The van der Waals surface area contributed by atoms with Crippen molar-refractivity contribution >= 4 is 0 Å². The molecule has 1 saturated carbocycles. The first-order valence-electron chi connectivity index (χ1n) is 7.16. The fourth-order valence-electron chi connectivity index (χ4n) is 3.40. The van der Waals surface area contributed by atoms with Gasteiger partial charge in [-0.3, -0.25) is 0 Å². The Kier molecular flexibility index (Phi) is 5.23. The van der Waals surface area contributed by atoms with E-state index in [4.69, 9.17) is 9.57 Å². The van der Waals surface area contributed by atoms with Gasteiger partial charge < -0.3 is 9.57 Å². The van der Waals surface area contributed by atoms with Crippen molar-refractivity contribution in [1.29, 1.82) is 0 Å². The Balaban J connectivity index is 1.94. The van der Waals surface area contributed by atoms with Gasteiger partial charge in [0, 0.05) is 6.61 Å². The third kappa shape index (κ3) is 3.83. The summed E-state index contributed by atoms with van der Waals surface area (Å²) < 4.78 is 5.33. The van der Waals surface area contributed by atoms with Crippen LogP contribution >= 0.6 is 0 Å². The molecule has 0 aromatic rings. The van der Waals surface area contributed by atoms with Crippen molar-refractivity contribution in [3.8, 4) is 0 Å². The molecule has 0 bridgehead atoms. The minimum atomic E-state index is -0.657. The van der Waals surface area contributed by atoms with Crippen molar-refractivity contribution in [2.75, 3.05) is 13.2 Å². The molecule has 2 aliphatic rings. The second-order valence-electron chi connectivity index (χ2n) is 5.50. The van der Waals surface area contributed by atoms with Crippen LogP contribution in [0.1, 0.15) is 51.4 Å². The van der Waals surface area contributed by atoms with Crippen LogP contribution in [0.25, 0.3) is 0 Å². The fourth-order valence-corrected chi connectivity index (χ4v) is 3.40. The van der Waals surface area contributed by atoms with Gasteiger partial charge in [0.25, 0.3) is 5.09 Å². The summed E-state index contributed by atoms with van der Waals surface area (Å²) in [6.07, 6.45) is 9.42. The highest BCUT2D eigenvalue weighted by atomic mass is 17.0. The molecule has 0 radical (unpaired) electrons. The van der Waals surface area contributed by atoms with Gasteiger partial charge in [0.15, 0.2) is 0 Å². The fraction of sp³-hybridized carbons (Fsp3) is 1.00. The van der Waals surface area contributed by atoms with Gasteiger partial charge in [0.05, 0.1) is 6.61 Å². The van der Waals surface area contributed by atoms with Gasteiger partial charge in [-0.25, -0.2) is 0 Å². The summed E-state index contributed by atoms with van der Waals surface area (Å²) >= 11 is 0. The maximum Gasteiger partial charge on any atom is 0.294 e. The van der Waals surface area contributed by atoms with E-state index in [1.807, 2.05) is 0 Å². The van der Waals surface area contributed by atoms with Crippen molar-refractivity contribution in [1.82, 2.24) is 0 Å². The minimum absolute atomic E-state index is 0.308. The highest BCUT2D eigenvalue weighted by Crippen LogP contribution is 2.35. The smallest absolute Gasteiger partial charge is 0.294 e. The van der Waals surface area contributed by atoms with Crippen LogP contribution < -0.4 is 0 Å². The van der Waals surface area contributed by atoms with Crippen LogP contribution in [-0.2, 0) is 9.57 Å². The molecule has 0 aromatic carbocycles. The highest BCUT2D eigenvalue weighted by Gasteiger charge is 2.34. The quantitative estimate of drug-likeness (QED) is 0.576. The van der Waals surface area contributed by atoms with E-state index in [0.717, 1.165) is 13.0 Å². The number of ether oxygens (including phenoxy) is 1. The van der Waals surface area contributed by atoms with Crippen LogP contribution in [0.15, 0.2) is 0 Å². The van der Waals surface area contributed by atoms with Gasteiger partial charge in [-0.15, -0.1) is 10.1 Å². The van der Waals surface area contributed by atoms with Crippen molar-refractivity contribution in [3.63, 3.8) is 0 Å². The maximum atomic E-state index is 10.5. The molecule has 104 valence electrons. The van der Waals surface area contributed by atoms with Crippen LogP contribution in [0, 0.1) is 22.0 Å². The van der Waals surface area contributed by atoms with Crippen molar-refractivity contribution in [2.45, 2.75) is 57.5 Å². The van der Waals surface area contributed by atoms with Gasteiger partial charge in [-0.2, -0.15) is 0 Å². The summed E-state index contributed by atoms with van der Waals surface area (Å²) in [7, 11) is 0. The van der Waals surface area contributed by atoms with E-state index in [1.165, 1.54) is 44.9 Å². The molecule has 0 amide bonds. The lowest BCUT2D eigenvalue weighted by Crippen LogP contribution is -2.40. The van der Waals surface area contributed by atoms with Crippen LogP contribution in [0.3, 0.4) is 0 Å². The summed E-state index contributed by atoms with van der Waals surface area (Å²) in [5, 5.41) is 9.89. The van der Waals surface area contributed by atoms with E-state index in [9.17, 15) is 10.1 Å². The monoisotopic (exact) mass is 257 g/mol. The SMILES string of the molecule is O=[N+]([O-])OC1COCCC1C1CCCCCCC1. The molecule has 1 saturated heterocycles. The molecule has 1 aliphatic carbocycles. The molecule has 0 aromatic heterocycles. The van der Waals surface area contributed by atoms with Crippen LogP contribution in [0.5, 0.6) is 0 Å². The summed E-state index contributed by atoms with van der Waals surface area (Å²) in [5.74, 6) is 0.890. The summed E-state index contributed by atoms with van der Waals surface area (Å²) in [5.41, 5.74) is 0. The molecule has 18 heavy (non-hydrogen) atoms. The average Bonchev–Trinajstić information content (AvgIpc) is 2.29. The van der Waals surface area contributed by atoms with E-state index in [-0.39, 0.29) is 6.10 Å². The third-order valence-corrected chi connectivity index (χ3v) is 4.33. The normalized spacial score (nSPS) is 31.3. The van der Waals surface area contributed by atoms with Crippen LogP contribution in [-0.4, -0.2) is 24.4 Å². The number of rotatable bonds is 3. The van der Waals surface area contributed by atoms with E-state index < -0.39 is 5.09 Å². The first kappa shape index (κ1) is 13.6. The predicted octanol–water partition coefficient (Wildman–Crippen LogP) is 2.96. The molecular formula is C13H23NO4. The second kappa shape index (κ2) is 6.92. The number of hydrogen-bond donors (Lipinski definition) is 0. The summed E-state index contributed by atoms with van der Waals surface area (Å²) in [4.78, 5) is 15.4. The van der Waals surface area contributed by atoms with Crippen LogP contribution in [0.2, 0.25) is 0 Å². The molecule has 2 unspecified atom stereocenters. The Hall–Kier alpha value is -0.840. The standard InChI is InChI=1S/C13H23NO4/c15-14(16)18-13-10-17-9-8-12(13)11-6-4-2-1-3-5-7-11/h11-13H,1-10H2. The zero-order valence-electron chi connectivity index (χ0n) is 10.9. The Bertz CT molecular complexity index is 264. The molecule has 2 atom stereocenters. The Labute approximate surface area is 108 Å². The van der Waals surface area contributed by atoms with E-state index in [0.29, 0.717) is 18.4 Å². The molecule has 0 spiro atoms. The molecule has 2 fully saturated rings. The lowest BCUT2D eigenvalue weighted by Gasteiger charge is -2.36. The summed E-state index contributed by atoms with van der Waals surface area (Å²) in [6.45, 7) is 1.10. The molecule has 0 N–H and O–H groups in total. The van der Waals surface area contributed by atoms with Gasteiger partial charge in [0.2, 0.25) is 0 Å². The third-order valence-electron chi connectivity index (χ3n) is 4.33. The second-order valence-corrected chi connectivity index (χ2v) is 5.50. The van der Waals surface area contributed by atoms with Gasteiger partial charge >= 0.3 is 0 Å². The van der Waals surface area contributed by atoms with Gasteiger partial charge in [-0.05, 0) is 18.3 Å². The molecule has 2 rings (SSSR count). The average molecular weight is 257 g/mol. The van der Waals surface area contributed by atoms with Gasteiger partial charge in [0.1, 0.15) is 6.10 Å². The van der Waals surface area contributed by atoms with Crippen molar-refractivity contribution < 1.29 is 14.7 Å². The van der Waals surface area contributed by atoms with Crippen molar-refractivity contribution in [2.24, 2.45) is 11.8 Å². The van der Waals surface area contributed by atoms with E-state index in [2.05, 4.69) is 0 Å². The van der Waals surface area contributed by atoms with E-state index in [1.54, 1.807) is 0 Å². The maximum absolute atomic E-state index is 10.5. The van der Waals surface area contributed by atoms with Crippen molar-refractivity contribution in [3.05, 3.63) is 10.1 Å². The first-order chi connectivity index (χ1) is 8.77. The number of hydrogen-bond acceptors (Lipinski definition) is 4. The lowest BCUT2D eigenvalue weighted by atomic mass is 9.77. The minimum Gasteiger partial charge on any atom is -0.379 e. The Morgan fingerprint density at radius 3 is 2.39 bits per heavy atom. The largest absolute Gasteiger partial charge is 0.379 e. The Morgan fingerprint density at radius 2 is 1.72 bits per heavy atom. The predicted molar refractivity (Wildman–Crippen MR) is 66.6 cm³/mol. The molecule has 5 heteroatoms. The topological polar surface area (TPSA) is 61.6 Å². The Morgan fingerprint density at radius 1 is 1.06 bits per heavy atom. The summed E-state index contributed by atoms with van der Waals surface area (Å²) in [6, 6.07) is 0. The lowest BCUT2D eigenvalue weighted by molar-refractivity contribution is -0.772. The molecule has 5 nitrogen and oxygen atoms in total. The zero-order chi connectivity index (χ0) is 12.8. The van der Waals surface area contributed by atoms with Gasteiger partial charge in [-0.1, -0.05) is 44.9 Å². The van der Waals surface area contributed by atoms with Crippen LogP contribution in [0.4, 0.5) is 0 Å². The zero-order valence-corrected chi connectivity index (χ0v) is 10.9. The van der Waals surface area contributed by atoms with E-state index >= 15 is 0 Å². The molecule has 1 aliphatic heterocycles. The highest BCUT2D eigenvalue weighted by molar-refractivity contribution is 4.81. The molecule has 1 heterocycles.